The Morgan fingerprint density at radius 1 is 1.11 bits per heavy atom. The first-order valence-corrected chi connectivity index (χ1v) is 12.2. The van der Waals surface area contributed by atoms with Gasteiger partial charge in [-0.3, -0.25) is 14.5 Å². The summed E-state index contributed by atoms with van der Waals surface area (Å²) < 4.78 is 6.05. The van der Waals surface area contributed by atoms with E-state index in [2.05, 4.69) is 5.32 Å². The van der Waals surface area contributed by atoms with Gasteiger partial charge < -0.3 is 15.0 Å². The highest BCUT2D eigenvalue weighted by molar-refractivity contribution is 8.27. The normalized spacial score (nSPS) is 14.4. The zero-order chi connectivity index (χ0) is 24.9. The molecule has 35 heavy (non-hydrogen) atoms. The molecule has 1 aliphatic heterocycles. The number of hydrogen-bond donors (Lipinski definition) is 1. The summed E-state index contributed by atoms with van der Waals surface area (Å²) in [6.45, 7) is -0.142. The zero-order valence-corrected chi connectivity index (χ0v) is 21.4. The van der Waals surface area contributed by atoms with Crippen LogP contribution < -0.4 is 19.9 Å². The lowest BCUT2D eigenvalue weighted by Gasteiger charge is -2.17. The summed E-state index contributed by atoms with van der Waals surface area (Å²) in [7, 11) is 3.92. The van der Waals surface area contributed by atoms with Crippen LogP contribution in [0.15, 0.2) is 77.7 Å². The Labute approximate surface area is 218 Å². The van der Waals surface area contributed by atoms with Gasteiger partial charge in [-0.05, 0) is 66.2 Å². The molecule has 3 aromatic carbocycles. The van der Waals surface area contributed by atoms with Crippen LogP contribution in [-0.4, -0.2) is 36.8 Å². The topological polar surface area (TPSA) is 61.9 Å². The highest BCUT2D eigenvalue weighted by atomic mass is 35.5. The third-order valence-electron chi connectivity index (χ3n) is 5.07. The summed E-state index contributed by atoms with van der Waals surface area (Å²) in [4.78, 5) is 29.2. The number of ether oxygens (including phenoxy) is 1. The third-order valence-corrected chi connectivity index (χ3v) is 6.61. The van der Waals surface area contributed by atoms with E-state index in [9.17, 15) is 9.59 Å². The number of hydrogen-bond acceptors (Lipinski definition) is 6. The van der Waals surface area contributed by atoms with Gasteiger partial charge in [0.05, 0.1) is 10.6 Å². The van der Waals surface area contributed by atoms with E-state index in [0.29, 0.717) is 25.7 Å². The van der Waals surface area contributed by atoms with Crippen molar-refractivity contribution in [3.8, 4) is 5.75 Å². The maximum atomic E-state index is 13.0. The van der Waals surface area contributed by atoms with Crippen molar-refractivity contribution < 1.29 is 14.3 Å². The molecule has 0 spiro atoms. The Balaban J connectivity index is 1.37. The average molecular weight is 524 g/mol. The fourth-order valence-corrected chi connectivity index (χ4v) is 4.80. The lowest BCUT2D eigenvalue weighted by Crippen LogP contribution is -2.27. The number of anilines is 3. The van der Waals surface area contributed by atoms with Crippen molar-refractivity contribution in [3.63, 3.8) is 0 Å². The number of rotatable bonds is 7. The first kappa shape index (κ1) is 24.8. The van der Waals surface area contributed by atoms with Crippen molar-refractivity contribution in [2.75, 3.05) is 35.8 Å². The van der Waals surface area contributed by atoms with E-state index in [1.54, 1.807) is 47.4 Å². The van der Waals surface area contributed by atoms with E-state index >= 15 is 0 Å². The molecule has 0 atom stereocenters. The minimum absolute atomic E-state index is 0.142. The average Bonchev–Trinajstić information content (AvgIpc) is 3.11. The molecule has 4 rings (SSSR count). The molecule has 0 saturated carbocycles. The molecule has 0 unspecified atom stereocenters. The number of nitrogens with zero attached hydrogens (tertiary/aromatic N) is 2. The first-order chi connectivity index (χ1) is 16.8. The van der Waals surface area contributed by atoms with Crippen molar-refractivity contribution >= 4 is 74.9 Å². The van der Waals surface area contributed by atoms with Crippen molar-refractivity contribution in [1.29, 1.82) is 0 Å². The fourth-order valence-electron chi connectivity index (χ4n) is 3.31. The first-order valence-electron chi connectivity index (χ1n) is 10.6. The lowest BCUT2D eigenvalue weighted by atomic mass is 10.2. The molecular formula is C26H22ClN3O3S2. The summed E-state index contributed by atoms with van der Waals surface area (Å²) in [5.41, 5.74) is 3.21. The van der Waals surface area contributed by atoms with Crippen LogP contribution in [0, 0.1) is 0 Å². The second-order valence-electron chi connectivity index (χ2n) is 7.84. The molecule has 1 fully saturated rings. The predicted molar refractivity (Wildman–Crippen MR) is 148 cm³/mol. The summed E-state index contributed by atoms with van der Waals surface area (Å²) in [5, 5.41) is 3.27. The minimum Gasteiger partial charge on any atom is -0.484 e. The number of carbonyl (C=O) groups is 2. The van der Waals surface area contributed by atoms with Gasteiger partial charge in [0.25, 0.3) is 11.8 Å². The van der Waals surface area contributed by atoms with Crippen LogP contribution in [0.25, 0.3) is 6.08 Å². The predicted octanol–water partition coefficient (Wildman–Crippen LogP) is 5.83. The van der Waals surface area contributed by atoms with Crippen molar-refractivity contribution in [2.24, 2.45) is 0 Å². The van der Waals surface area contributed by atoms with Crippen molar-refractivity contribution in [1.82, 2.24) is 0 Å². The smallest absolute Gasteiger partial charge is 0.270 e. The molecule has 1 saturated heterocycles. The van der Waals surface area contributed by atoms with Gasteiger partial charge in [-0.2, -0.15) is 0 Å². The molecule has 0 aromatic heterocycles. The van der Waals surface area contributed by atoms with Crippen LogP contribution in [0.4, 0.5) is 17.1 Å². The maximum absolute atomic E-state index is 13.0. The van der Waals surface area contributed by atoms with E-state index in [0.717, 1.165) is 16.9 Å². The minimum atomic E-state index is -0.293. The van der Waals surface area contributed by atoms with Crippen LogP contribution in [-0.2, 0) is 9.59 Å². The summed E-state index contributed by atoms with van der Waals surface area (Å²) >= 11 is 12.7. The van der Waals surface area contributed by atoms with Crippen molar-refractivity contribution in [2.45, 2.75) is 0 Å². The molecule has 3 aromatic rings. The molecule has 1 aliphatic rings. The number of benzene rings is 3. The number of carbonyl (C=O) groups excluding carboxylic acids is 2. The van der Waals surface area contributed by atoms with Gasteiger partial charge in [-0.1, -0.05) is 53.8 Å². The molecule has 0 radical (unpaired) electrons. The Morgan fingerprint density at radius 3 is 2.49 bits per heavy atom. The van der Waals surface area contributed by atoms with Gasteiger partial charge in [0.1, 0.15) is 5.75 Å². The summed E-state index contributed by atoms with van der Waals surface area (Å²) in [5.74, 6) is 0.0890. The molecule has 9 heteroatoms. The molecule has 2 amide bonds. The molecule has 6 nitrogen and oxygen atoms in total. The molecule has 1 heterocycles. The van der Waals surface area contributed by atoms with Gasteiger partial charge >= 0.3 is 0 Å². The Bertz CT molecular complexity index is 1290. The summed E-state index contributed by atoms with van der Waals surface area (Å²) in [6, 6.07) is 21.7. The number of halogens is 1. The quantitative estimate of drug-likeness (QED) is 0.310. The zero-order valence-electron chi connectivity index (χ0n) is 19.0. The van der Waals surface area contributed by atoms with Crippen LogP contribution in [0.2, 0.25) is 5.02 Å². The van der Waals surface area contributed by atoms with Crippen LogP contribution >= 0.6 is 35.6 Å². The molecular weight excluding hydrogens is 502 g/mol. The maximum Gasteiger partial charge on any atom is 0.270 e. The lowest BCUT2D eigenvalue weighted by molar-refractivity contribution is -0.118. The van der Waals surface area contributed by atoms with Gasteiger partial charge in [0.2, 0.25) is 0 Å². The molecule has 0 aliphatic carbocycles. The molecule has 0 bridgehead atoms. The number of thiocarbonyl (C=S) groups is 1. The highest BCUT2D eigenvalue weighted by Gasteiger charge is 2.33. The van der Waals surface area contributed by atoms with E-state index in [4.69, 9.17) is 28.6 Å². The van der Waals surface area contributed by atoms with E-state index in [1.165, 1.54) is 11.8 Å². The van der Waals surface area contributed by atoms with Gasteiger partial charge in [0.15, 0.2) is 10.9 Å². The monoisotopic (exact) mass is 523 g/mol. The van der Waals surface area contributed by atoms with Crippen LogP contribution in [0.3, 0.4) is 0 Å². The third kappa shape index (κ3) is 6.22. The molecule has 1 N–H and O–H groups in total. The summed E-state index contributed by atoms with van der Waals surface area (Å²) in [6.07, 6.45) is 1.79. The van der Waals surface area contributed by atoms with Crippen LogP contribution in [0.5, 0.6) is 5.75 Å². The number of nitrogens with one attached hydrogen (secondary N) is 1. The second-order valence-corrected chi connectivity index (χ2v) is 9.96. The SMILES string of the molecule is CN(C)c1ccc(N2C(=O)/C(=C/c3ccc(OCC(=O)Nc4cccc(Cl)c4)cc3)SC2=S)cc1. The largest absolute Gasteiger partial charge is 0.484 e. The number of thioether (sulfide) groups is 1. The Morgan fingerprint density at radius 2 is 1.83 bits per heavy atom. The van der Waals surface area contributed by atoms with E-state index in [1.807, 2.05) is 55.4 Å². The second kappa shape index (κ2) is 10.9. The Kier molecular flexibility index (Phi) is 7.75. The highest BCUT2D eigenvalue weighted by Crippen LogP contribution is 2.36. The Hall–Kier alpha value is -3.33. The fraction of sp³-hybridized carbons (Fsp3) is 0.115. The van der Waals surface area contributed by atoms with E-state index in [-0.39, 0.29) is 18.4 Å². The molecule has 178 valence electrons. The van der Waals surface area contributed by atoms with Gasteiger partial charge in [-0.15, -0.1) is 0 Å². The van der Waals surface area contributed by atoms with Gasteiger partial charge in [0, 0.05) is 30.5 Å². The standard InChI is InChI=1S/C26H22ClN3O3S2/c1-29(2)20-8-10-21(11-9-20)30-25(32)23(35-26(30)34)14-17-6-12-22(13-7-17)33-16-24(31)28-19-5-3-4-18(27)15-19/h3-15H,16H2,1-2H3,(H,28,31)/b23-14-. The van der Waals surface area contributed by atoms with Crippen LogP contribution in [0.1, 0.15) is 5.56 Å². The van der Waals surface area contributed by atoms with Gasteiger partial charge in [-0.25, -0.2) is 0 Å². The van der Waals surface area contributed by atoms with E-state index < -0.39 is 0 Å². The van der Waals surface area contributed by atoms with Crippen molar-refractivity contribution in [3.05, 3.63) is 88.3 Å². The number of amides is 2.